The number of pyridine rings is 1. The summed E-state index contributed by atoms with van der Waals surface area (Å²) in [5.41, 5.74) is 2.22. The highest BCUT2D eigenvalue weighted by Gasteiger charge is 2.09. The maximum atomic E-state index is 12.3. The Bertz CT molecular complexity index is 934. The molecule has 0 radical (unpaired) electrons. The molecule has 0 spiro atoms. The van der Waals surface area contributed by atoms with Gasteiger partial charge in [-0.05, 0) is 41.5 Å². The van der Waals surface area contributed by atoms with Gasteiger partial charge >= 0.3 is 0 Å². The van der Waals surface area contributed by atoms with Crippen LogP contribution in [0.4, 0.5) is 5.95 Å². The van der Waals surface area contributed by atoms with E-state index in [1.807, 2.05) is 30.3 Å². The van der Waals surface area contributed by atoms with Crippen molar-refractivity contribution >= 4 is 11.9 Å². The van der Waals surface area contributed by atoms with Crippen LogP contribution in [0.15, 0.2) is 55.0 Å². The van der Waals surface area contributed by atoms with Crippen LogP contribution in [0.3, 0.4) is 0 Å². The summed E-state index contributed by atoms with van der Waals surface area (Å²) in [6, 6.07) is 10.9. The van der Waals surface area contributed by atoms with E-state index in [0.717, 1.165) is 11.1 Å². The molecule has 2 aromatic heterocycles. The molecule has 8 heteroatoms. The van der Waals surface area contributed by atoms with E-state index in [9.17, 15) is 4.79 Å². The summed E-state index contributed by atoms with van der Waals surface area (Å²) in [6.45, 7) is 0.877. The molecule has 0 aliphatic carbocycles. The number of methoxy groups -OCH3 is 2. The summed E-state index contributed by atoms with van der Waals surface area (Å²) in [5, 5.41) is 5.94. The molecule has 2 N–H and O–H groups in total. The van der Waals surface area contributed by atoms with E-state index in [1.54, 1.807) is 38.9 Å². The first-order valence-corrected chi connectivity index (χ1v) is 8.64. The van der Waals surface area contributed by atoms with Gasteiger partial charge in [0.05, 0.1) is 14.2 Å². The number of nitrogens with one attached hydrogen (secondary N) is 2. The van der Waals surface area contributed by atoms with Crippen LogP contribution in [0.25, 0.3) is 0 Å². The van der Waals surface area contributed by atoms with E-state index in [1.165, 1.54) is 0 Å². The topological polar surface area (TPSA) is 98.3 Å². The molecule has 1 amide bonds. The molecular formula is C20H21N5O3. The maximum absolute atomic E-state index is 12.3. The van der Waals surface area contributed by atoms with E-state index in [2.05, 4.69) is 25.6 Å². The zero-order chi connectivity index (χ0) is 19.8. The highest BCUT2D eigenvalue weighted by molar-refractivity contribution is 5.92. The molecule has 3 rings (SSSR count). The van der Waals surface area contributed by atoms with Gasteiger partial charge in [0.2, 0.25) is 5.95 Å². The number of hydrogen-bond donors (Lipinski definition) is 2. The number of anilines is 1. The molecule has 8 nitrogen and oxygen atoms in total. The largest absolute Gasteiger partial charge is 0.493 e. The lowest BCUT2D eigenvalue weighted by Crippen LogP contribution is -2.24. The summed E-state index contributed by atoms with van der Waals surface area (Å²) in [5.74, 6) is 1.40. The van der Waals surface area contributed by atoms with Crippen molar-refractivity contribution in [2.75, 3.05) is 19.5 Å². The minimum absolute atomic E-state index is 0.270. The van der Waals surface area contributed by atoms with E-state index < -0.39 is 0 Å². The first kappa shape index (κ1) is 19.1. The highest BCUT2D eigenvalue weighted by Crippen LogP contribution is 2.27. The van der Waals surface area contributed by atoms with Crippen molar-refractivity contribution in [3.63, 3.8) is 0 Å². The van der Waals surface area contributed by atoms with E-state index in [0.29, 0.717) is 36.2 Å². The Hall–Kier alpha value is -3.68. The Kier molecular flexibility index (Phi) is 6.35. The van der Waals surface area contributed by atoms with Crippen LogP contribution in [-0.2, 0) is 13.1 Å². The quantitative estimate of drug-likeness (QED) is 0.620. The van der Waals surface area contributed by atoms with E-state index in [4.69, 9.17) is 9.47 Å². The third-order valence-corrected chi connectivity index (χ3v) is 3.99. The fraction of sp³-hybridized carbons (Fsp3) is 0.200. The second-order valence-electron chi connectivity index (χ2n) is 5.85. The van der Waals surface area contributed by atoms with Crippen molar-refractivity contribution in [1.82, 2.24) is 20.3 Å². The fourth-order valence-corrected chi connectivity index (χ4v) is 2.52. The fourth-order valence-electron chi connectivity index (χ4n) is 2.52. The van der Waals surface area contributed by atoms with Gasteiger partial charge in [0, 0.05) is 31.7 Å². The third kappa shape index (κ3) is 4.94. The number of aromatic nitrogens is 3. The minimum Gasteiger partial charge on any atom is -0.493 e. The third-order valence-electron chi connectivity index (χ3n) is 3.99. The molecule has 0 saturated heterocycles. The van der Waals surface area contributed by atoms with Crippen molar-refractivity contribution in [3.8, 4) is 11.5 Å². The van der Waals surface area contributed by atoms with Crippen molar-refractivity contribution in [1.29, 1.82) is 0 Å². The summed E-state index contributed by atoms with van der Waals surface area (Å²) in [4.78, 5) is 24.7. The van der Waals surface area contributed by atoms with Crippen molar-refractivity contribution in [2.24, 2.45) is 0 Å². The SMILES string of the molecule is COc1ccc(CNc2nccc(C(=O)NCc3ccncc3)n2)cc1OC. The number of rotatable bonds is 8. The van der Waals surface area contributed by atoms with Gasteiger partial charge in [-0.25, -0.2) is 9.97 Å². The molecule has 2 heterocycles. The number of ether oxygens (including phenoxy) is 2. The number of nitrogens with zero attached hydrogens (tertiary/aromatic N) is 3. The smallest absolute Gasteiger partial charge is 0.270 e. The second-order valence-corrected chi connectivity index (χ2v) is 5.85. The molecular weight excluding hydrogens is 358 g/mol. The van der Waals surface area contributed by atoms with Crippen LogP contribution in [-0.4, -0.2) is 35.1 Å². The Morgan fingerprint density at radius 1 is 0.929 bits per heavy atom. The molecule has 0 atom stereocenters. The average Bonchev–Trinajstić information content (AvgIpc) is 2.76. The zero-order valence-electron chi connectivity index (χ0n) is 15.7. The monoisotopic (exact) mass is 379 g/mol. The lowest BCUT2D eigenvalue weighted by atomic mass is 10.2. The van der Waals surface area contributed by atoms with Crippen LogP contribution in [0, 0.1) is 0 Å². The van der Waals surface area contributed by atoms with Crippen LogP contribution < -0.4 is 20.1 Å². The summed E-state index contributed by atoms with van der Waals surface area (Å²) in [6.07, 6.45) is 4.91. The first-order valence-electron chi connectivity index (χ1n) is 8.64. The molecule has 0 fully saturated rings. The summed E-state index contributed by atoms with van der Waals surface area (Å²) >= 11 is 0. The molecule has 0 aliphatic heterocycles. The Morgan fingerprint density at radius 2 is 1.71 bits per heavy atom. The summed E-state index contributed by atoms with van der Waals surface area (Å²) < 4.78 is 10.5. The number of carbonyl (C=O) groups excluding carboxylic acids is 1. The van der Waals surface area contributed by atoms with Crippen molar-refractivity contribution in [2.45, 2.75) is 13.1 Å². The molecule has 0 aliphatic rings. The summed E-state index contributed by atoms with van der Waals surface area (Å²) in [7, 11) is 3.18. The lowest BCUT2D eigenvalue weighted by molar-refractivity contribution is 0.0946. The van der Waals surface area contributed by atoms with Gasteiger partial charge in [0.1, 0.15) is 5.69 Å². The average molecular weight is 379 g/mol. The standard InChI is InChI=1S/C20H21N5O3/c1-27-17-4-3-15(11-18(17)28-2)13-24-20-22-10-7-16(25-20)19(26)23-12-14-5-8-21-9-6-14/h3-11H,12-13H2,1-2H3,(H,23,26)(H,22,24,25). The molecule has 0 unspecified atom stereocenters. The maximum Gasteiger partial charge on any atom is 0.270 e. The Labute approximate surface area is 163 Å². The molecule has 28 heavy (non-hydrogen) atoms. The van der Waals surface area contributed by atoms with Gasteiger partial charge in [0.15, 0.2) is 11.5 Å². The van der Waals surface area contributed by atoms with Crippen LogP contribution in [0.5, 0.6) is 11.5 Å². The minimum atomic E-state index is -0.270. The second kappa shape index (κ2) is 9.31. The number of amides is 1. The molecule has 1 aromatic carbocycles. The number of hydrogen-bond acceptors (Lipinski definition) is 7. The van der Waals surface area contributed by atoms with Crippen LogP contribution >= 0.6 is 0 Å². The van der Waals surface area contributed by atoms with Gasteiger partial charge in [-0.2, -0.15) is 0 Å². The van der Waals surface area contributed by atoms with E-state index >= 15 is 0 Å². The van der Waals surface area contributed by atoms with Gasteiger partial charge in [-0.15, -0.1) is 0 Å². The number of benzene rings is 1. The van der Waals surface area contributed by atoms with Gasteiger partial charge < -0.3 is 20.1 Å². The van der Waals surface area contributed by atoms with E-state index in [-0.39, 0.29) is 5.91 Å². The molecule has 0 saturated carbocycles. The van der Waals surface area contributed by atoms with Crippen LogP contribution in [0.1, 0.15) is 21.6 Å². The van der Waals surface area contributed by atoms with Gasteiger partial charge in [0.25, 0.3) is 5.91 Å². The van der Waals surface area contributed by atoms with Gasteiger partial charge in [-0.3, -0.25) is 9.78 Å². The molecule has 3 aromatic rings. The predicted molar refractivity (Wildman–Crippen MR) is 104 cm³/mol. The number of carbonyl (C=O) groups is 1. The lowest BCUT2D eigenvalue weighted by Gasteiger charge is -2.11. The van der Waals surface area contributed by atoms with Crippen molar-refractivity contribution in [3.05, 3.63) is 71.8 Å². The zero-order valence-corrected chi connectivity index (χ0v) is 15.7. The highest BCUT2D eigenvalue weighted by atomic mass is 16.5. The van der Waals surface area contributed by atoms with Crippen molar-refractivity contribution < 1.29 is 14.3 Å². The van der Waals surface area contributed by atoms with Crippen LogP contribution in [0.2, 0.25) is 0 Å². The Morgan fingerprint density at radius 3 is 2.46 bits per heavy atom. The first-order chi connectivity index (χ1) is 13.7. The molecule has 0 bridgehead atoms. The normalized spacial score (nSPS) is 10.2. The Balaban J connectivity index is 1.61. The molecule has 144 valence electrons. The predicted octanol–water partition coefficient (Wildman–Crippen LogP) is 2.43. The van der Waals surface area contributed by atoms with Gasteiger partial charge in [-0.1, -0.05) is 6.07 Å².